The third-order valence-electron chi connectivity index (χ3n) is 9.80. The number of phenols is 1. The van der Waals surface area contributed by atoms with Crippen molar-refractivity contribution in [2.24, 2.45) is 29.2 Å². The number of rotatable bonds is 20. The fourth-order valence-corrected chi connectivity index (χ4v) is 6.12. The van der Waals surface area contributed by atoms with Crippen LogP contribution in [0.25, 0.3) is 10.9 Å². The maximum absolute atomic E-state index is 12.6. The van der Waals surface area contributed by atoms with Crippen LogP contribution in [0, 0.1) is 41.7 Å². The first-order valence-corrected chi connectivity index (χ1v) is 23.8. The molecule has 1 aromatic heterocycles. The predicted octanol–water partition coefficient (Wildman–Crippen LogP) is 5.02. The van der Waals surface area contributed by atoms with Crippen molar-refractivity contribution >= 4 is 57.9 Å². The lowest BCUT2D eigenvalue weighted by Gasteiger charge is -2.28. The molecule has 20 nitrogen and oxygen atoms in total. The summed E-state index contributed by atoms with van der Waals surface area (Å²) in [5, 5.41) is 32.6. The molecule has 0 fully saturated rings. The Morgan fingerprint density at radius 2 is 1.32 bits per heavy atom. The van der Waals surface area contributed by atoms with Crippen LogP contribution in [-0.2, 0) is 39.1 Å². The molecule has 0 aliphatic rings. The number of aromatic nitrogens is 1. The molecule has 0 saturated heterocycles. The molecule has 402 valence electrons. The van der Waals surface area contributed by atoms with Crippen molar-refractivity contribution in [1.29, 1.82) is 0 Å². The Labute approximate surface area is 426 Å². The van der Waals surface area contributed by atoms with Gasteiger partial charge in [0.25, 0.3) is 0 Å². The number of para-hydroxylation sites is 1. The van der Waals surface area contributed by atoms with E-state index in [9.17, 15) is 43.7 Å². The number of amides is 7. The van der Waals surface area contributed by atoms with E-state index in [1.54, 1.807) is 19.1 Å². The normalized spacial score (nSPS) is 11.7. The van der Waals surface area contributed by atoms with E-state index in [2.05, 4.69) is 116 Å². The van der Waals surface area contributed by atoms with E-state index in [4.69, 9.17) is 16.6 Å². The number of nitrogens with zero attached hydrogens (tertiary/aromatic N) is 3. The van der Waals surface area contributed by atoms with Crippen LogP contribution in [0.2, 0.25) is 0 Å². The second kappa shape index (κ2) is 34.3. The number of benzene rings is 2. The van der Waals surface area contributed by atoms with Gasteiger partial charge in [0.05, 0.1) is 36.6 Å². The minimum Gasteiger partial charge on any atom is -0.502 e. The van der Waals surface area contributed by atoms with Crippen molar-refractivity contribution in [3.8, 4) is 5.75 Å². The maximum atomic E-state index is 12.6. The lowest BCUT2D eigenvalue weighted by molar-refractivity contribution is -0.385. The number of allylic oxidation sites excluding steroid dienone is 2. The van der Waals surface area contributed by atoms with E-state index in [0.29, 0.717) is 6.42 Å². The molecule has 0 bridgehead atoms. The summed E-state index contributed by atoms with van der Waals surface area (Å²) in [6.07, 6.45) is 6.59. The zero-order valence-corrected chi connectivity index (χ0v) is 45.0. The summed E-state index contributed by atoms with van der Waals surface area (Å²) in [5.74, 6) is -3.57. The van der Waals surface area contributed by atoms with E-state index >= 15 is 0 Å². The Hall–Kier alpha value is -7.09. The molecule has 3 rings (SSSR count). The number of nitro benzene ring substituents is 1. The Morgan fingerprint density at radius 1 is 0.819 bits per heavy atom. The number of likely N-dealkylation sites (N-methyl/N-ethyl adjacent to an activating group) is 1. The van der Waals surface area contributed by atoms with Gasteiger partial charge in [-0.25, -0.2) is 0 Å². The molecule has 10 N–H and O–H groups in total. The molecule has 72 heavy (non-hydrogen) atoms. The minimum atomic E-state index is -1.04. The topological polar surface area (TPSA) is 303 Å². The molecule has 0 aliphatic heterocycles. The average Bonchev–Trinajstić information content (AvgIpc) is 3.65. The zero-order valence-electron chi connectivity index (χ0n) is 45.0. The third-order valence-corrected chi connectivity index (χ3v) is 9.80. The molecule has 3 aromatic rings. The van der Waals surface area contributed by atoms with Crippen LogP contribution >= 0.6 is 0 Å². The lowest BCUT2D eigenvalue weighted by atomic mass is 10.0. The first-order valence-electron chi connectivity index (χ1n) is 23.8. The van der Waals surface area contributed by atoms with E-state index in [-0.39, 0.29) is 48.3 Å². The van der Waals surface area contributed by atoms with Gasteiger partial charge < -0.3 is 52.6 Å². The predicted molar refractivity (Wildman–Crippen MR) is 284 cm³/mol. The van der Waals surface area contributed by atoms with Crippen molar-refractivity contribution in [2.45, 2.75) is 127 Å². The molecular formula is C52H84N10O10. The van der Waals surface area contributed by atoms with Crippen molar-refractivity contribution in [2.75, 3.05) is 33.2 Å². The number of hydrogen-bond acceptors (Lipinski definition) is 11. The van der Waals surface area contributed by atoms with Crippen LogP contribution < -0.4 is 38.1 Å². The number of carbonyl (C=O) groups excluding carboxylic acids is 7. The van der Waals surface area contributed by atoms with Crippen LogP contribution in [0.15, 0.2) is 74.0 Å². The summed E-state index contributed by atoms with van der Waals surface area (Å²) in [6.45, 7) is 31.2. The third kappa shape index (κ3) is 26.8. The summed E-state index contributed by atoms with van der Waals surface area (Å²) in [4.78, 5) is 95.5. The first kappa shape index (κ1) is 67.0. The van der Waals surface area contributed by atoms with Crippen LogP contribution in [0.3, 0.4) is 0 Å². The van der Waals surface area contributed by atoms with Gasteiger partial charge in [-0.2, -0.15) is 0 Å². The molecule has 0 aliphatic carbocycles. The van der Waals surface area contributed by atoms with Gasteiger partial charge in [-0.3, -0.25) is 43.7 Å². The van der Waals surface area contributed by atoms with Gasteiger partial charge in [0, 0.05) is 30.2 Å². The number of carbonyl (C=O) groups is 7. The summed E-state index contributed by atoms with van der Waals surface area (Å²) in [5.41, 5.74) is 13.5. The van der Waals surface area contributed by atoms with Crippen LogP contribution in [0.4, 0.5) is 5.69 Å². The highest BCUT2D eigenvalue weighted by molar-refractivity contribution is 5.94. The standard InChI is InChI=1S/C24H44N8O7.C14H17N.C7H7NO3.C4H10.C3H6/c1-13(2)7-16(23(38)27-10-18(26)33)31-20(35)12-28-22(37)15(5)30-19(34)11-29-24(39)17(8-14(3)4)32(6)21(36)9-25;1-5-14(3,4)15-10-11(2)12-8-6-7-9-13(12)15;1-5-2-3-7(9)6(4-5)8(10)11;1-4(2)3;1-3-2/h13-17H,7-12,25H2,1-6H3,(H2,26,33)(H,27,38)(H,28,37)(H,29,39)(H,30,34)(H,31,35);5-10H,1H2,2-4H3;2-4,9H,1H3;4H,1-3H3;3H,1H2,2H3. The monoisotopic (exact) mass is 1010 g/mol. The number of fused-ring (bicyclic) bond motifs is 1. The second-order valence-electron chi connectivity index (χ2n) is 19.0. The van der Waals surface area contributed by atoms with Crippen LogP contribution in [-0.4, -0.2) is 112 Å². The first-order chi connectivity index (χ1) is 33.4. The summed E-state index contributed by atoms with van der Waals surface area (Å²) >= 11 is 0. The van der Waals surface area contributed by atoms with Gasteiger partial charge in [-0.1, -0.05) is 84.9 Å². The Bertz CT molecular complexity index is 2250. The summed E-state index contributed by atoms with van der Waals surface area (Å²) in [6, 6.07) is 9.95. The Kier molecular flexibility index (Phi) is 31.9. The van der Waals surface area contributed by atoms with E-state index < -0.39 is 77.5 Å². The number of hydrogen-bond donors (Lipinski definition) is 8. The number of phenolic OH excluding ortho intramolecular Hbond substituents is 1. The van der Waals surface area contributed by atoms with Crippen LogP contribution in [0.5, 0.6) is 5.75 Å². The lowest BCUT2D eigenvalue weighted by Crippen LogP contribution is -2.54. The largest absolute Gasteiger partial charge is 0.502 e. The van der Waals surface area contributed by atoms with Gasteiger partial charge in [0.2, 0.25) is 41.4 Å². The number of nitrogens with two attached hydrogens (primary N) is 2. The molecule has 1 heterocycles. The van der Waals surface area contributed by atoms with E-state index in [1.165, 1.54) is 47.5 Å². The SMILES string of the molecule is C=CC.C=CC(C)(C)n1cc(C)c2ccccc21.CC(C)C.CC(C)CC(NC(=O)CNC(=O)C(C)NC(=O)CNC(=O)C(CC(C)C)N(C)C(=O)CN)C(=O)NCC(N)=O.Cc1ccc(O)c([N+](=O)[O-])c1. The van der Waals surface area contributed by atoms with Crippen molar-refractivity contribution in [1.82, 2.24) is 36.1 Å². The molecule has 0 spiro atoms. The van der Waals surface area contributed by atoms with Gasteiger partial charge in [0.1, 0.15) is 18.1 Å². The fraction of sp³-hybridized carbons (Fsp3) is 0.519. The van der Waals surface area contributed by atoms with Gasteiger partial charge in [-0.05, 0) is 95.4 Å². The van der Waals surface area contributed by atoms with Gasteiger partial charge in [-0.15, -0.1) is 13.2 Å². The molecule has 20 heteroatoms. The highest BCUT2D eigenvalue weighted by atomic mass is 16.6. The van der Waals surface area contributed by atoms with Gasteiger partial charge in [0.15, 0.2) is 5.75 Å². The second-order valence-corrected chi connectivity index (χ2v) is 19.0. The molecular weight excluding hydrogens is 925 g/mol. The number of aromatic hydroxyl groups is 1. The molecule has 0 radical (unpaired) electrons. The quantitative estimate of drug-likeness (QED) is 0.0422. The smallest absolute Gasteiger partial charge is 0.310 e. The van der Waals surface area contributed by atoms with Crippen molar-refractivity contribution < 1.29 is 43.6 Å². The highest BCUT2D eigenvalue weighted by Crippen LogP contribution is 2.28. The maximum Gasteiger partial charge on any atom is 0.310 e. The fourth-order valence-electron chi connectivity index (χ4n) is 6.12. The van der Waals surface area contributed by atoms with Crippen molar-refractivity contribution in [3.05, 3.63) is 95.2 Å². The number of aryl methyl sites for hydroxylation is 2. The summed E-state index contributed by atoms with van der Waals surface area (Å²) in [7, 11) is 1.46. The molecule has 7 amide bonds. The molecule has 3 unspecified atom stereocenters. The molecule has 2 aromatic carbocycles. The Balaban J connectivity index is 0. The van der Waals surface area contributed by atoms with Crippen LogP contribution in [0.1, 0.15) is 100 Å². The number of nitro groups is 1. The zero-order chi connectivity index (χ0) is 56.1. The molecule has 3 atom stereocenters. The Morgan fingerprint density at radius 3 is 1.79 bits per heavy atom. The van der Waals surface area contributed by atoms with E-state index in [0.717, 1.165) is 11.5 Å². The average molecular weight is 1010 g/mol. The van der Waals surface area contributed by atoms with E-state index in [1.807, 2.05) is 40.7 Å². The highest BCUT2D eigenvalue weighted by Gasteiger charge is 2.28. The molecule has 0 saturated carbocycles. The number of primary amides is 1. The minimum absolute atomic E-state index is 0.0339. The number of nitrogens with one attached hydrogen (secondary N) is 5. The summed E-state index contributed by atoms with van der Waals surface area (Å²) < 4.78 is 2.28. The van der Waals surface area contributed by atoms with Gasteiger partial charge >= 0.3 is 5.69 Å². The van der Waals surface area contributed by atoms with Crippen molar-refractivity contribution in [3.63, 3.8) is 0 Å².